The van der Waals surface area contributed by atoms with Crippen LogP contribution in [-0.4, -0.2) is 55.2 Å². The third kappa shape index (κ3) is 4.08. The zero-order valence-electron chi connectivity index (χ0n) is 15.0. The van der Waals surface area contributed by atoms with Gasteiger partial charge in [0.25, 0.3) is 5.91 Å². The lowest BCUT2D eigenvalue weighted by atomic mass is 10.0. The van der Waals surface area contributed by atoms with Crippen molar-refractivity contribution in [2.75, 3.05) is 45.1 Å². The Morgan fingerprint density at radius 3 is 2.76 bits per heavy atom. The Morgan fingerprint density at radius 2 is 2.00 bits per heavy atom. The number of fused-ring (bicyclic) bond motifs is 1. The number of hydrogen-bond acceptors (Lipinski definition) is 5. The van der Waals surface area contributed by atoms with E-state index in [2.05, 4.69) is 15.2 Å². The fourth-order valence-electron chi connectivity index (χ4n) is 3.08. The highest BCUT2D eigenvalue weighted by Crippen LogP contribution is 2.25. The first-order valence-electron chi connectivity index (χ1n) is 8.80. The average Bonchev–Trinajstić information content (AvgIpc) is 2.61. The largest absolute Gasteiger partial charge is 0.397 e. The Kier molecular flexibility index (Phi) is 5.50. The first kappa shape index (κ1) is 17.6. The van der Waals surface area contributed by atoms with Gasteiger partial charge in [-0.05, 0) is 50.1 Å². The van der Waals surface area contributed by atoms with Crippen LogP contribution in [0.2, 0.25) is 0 Å². The summed E-state index contributed by atoms with van der Waals surface area (Å²) in [5.74, 6) is -0.160. The molecule has 1 amide bonds. The van der Waals surface area contributed by atoms with Crippen LogP contribution in [0.4, 0.5) is 5.69 Å². The van der Waals surface area contributed by atoms with Gasteiger partial charge in [-0.1, -0.05) is 0 Å². The summed E-state index contributed by atoms with van der Waals surface area (Å²) in [5, 5.41) is 3.79. The van der Waals surface area contributed by atoms with Crippen LogP contribution in [0.25, 0.3) is 10.9 Å². The molecule has 2 heterocycles. The van der Waals surface area contributed by atoms with Crippen LogP contribution in [0.1, 0.15) is 27.9 Å². The number of carbonyl (C=O) groups is 1. The maximum Gasteiger partial charge on any atom is 0.254 e. The summed E-state index contributed by atoms with van der Waals surface area (Å²) in [4.78, 5) is 19.2. The lowest BCUT2D eigenvalue weighted by Crippen LogP contribution is -2.38. The standard InChI is InChI=1S/C19H26N4O2/c1-13-10-15-17(11-14(13)2)22-12-16(18(15)20)19(24)21-4-3-5-23-6-8-25-9-7-23/h10-12H,3-9H2,1-2H3,(H2,20,22)(H,21,24). The Hall–Kier alpha value is -2.18. The third-order valence-electron chi connectivity index (χ3n) is 4.81. The van der Waals surface area contributed by atoms with Crippen molar-refractivity contribution in [2.24, 2.45) is 0 Å². The second-order valence-corrected chi connectivity index (χ2v) is 6.60. The molecule has 0 bridgehead atoms. The van der Waals surface area contributed by atoms with E-state index in [1.54, 1.807) is 6.20 Å². The molecule has 0 atom stereocenters. The topological polar surface area (TPSA) is 80.5 Å². The van der Waals surface area contributed by atoms with Crippen LogP contribution in [-0.2, 0) is 4.74 Å². The van der Waals surface area contributed by atoms with Crippen LogP contribution in [0, 0.1) is 13.8 Å². The zero-order valence-corrected chi connectivity index (χ0v) is 15.0. The van der Waals surface area contributed by atoms with Crippen molar-refractivity contribution in [3.63, 3.8) is 0 Å². The molecular weight excluding hydrogens is 316 g/mol. The van der Waals surface area contributed by atoms with Crippen LogP contribution < -0.4 is 11.1 Å². The summed E-state index contributed by atoms with van der Waals surface area (Å²) < 4.78 is 5.33. The molecule has 0 spiro atoms. The predicted molar refractivity (Wildman–Crippen MR) is 99.8 cm³/mol. The number of amides is 1. The van der Waals surface area contributed by atoms with Gasteiger partial charge >= 0.3 is 0 Å². The molecule has 1 aliphatic heterocycles. The Morgan fingerprint density at radius 1 is 1.28 bits per heavy atom. The van der Waals surface area contributed by atoms with Gasteiger partial charge in [0.15, 0.2) is 0 Å². The highest BCUT2D eigenvalue weighted by atomic mass is 16.5. The highest BCUT2D eigenvalue weighted by molar-refractivity contribution is 6.06. The lowest BCUT2D eigenvalue weighted by molar-refractivity contribution is 0.0374. The van der Waals surface area contributed by atoms with Crippen LogP contribution in [0.3, 0.4) is 0 Å². The Bertz CT molecular complexity index is 770. The molecular formula is C19H26N4O2. The number of aromatic nitrogens is 1. The Labute approximate surface area is 148 Å². The van der Waals surface area contributed by atoms with Crippen molar-refractivity contribution in [3.05, 3.63) is 35.0 Å². The van der Waals surface area contributed by atoms with Gasteiger partial charge in [-0.2, -0.15) is 0 Å². The summed E-state index contributed by atoms with van der Waals surface area (Å²) in [6.07, 6.45) is 2.48. The van der Waals surface area contributed by atoms with E-state index in [9.17, 15) is 4.79 Å². The molecule has 1 saturated heterocycles. The maximum absolute atomic E-state index is 12.4. The minimum atomic E-state index is -0.160. The first-order chi connectivity index (χ1) is 12.1. The molecule has 0 unspecified atom stereocenters. The minimum absolute atomic E-state index is 0.160. The molecule has 1 aromatic carbocycles. The number of aryl methyl sites for hydroxylation is 2. The van der Waals surface area contributed by atoms with E-state index in [4.69, 9.17) is 10.5 Å². The van der Waals surface area contributed by atoms with Crippen molar-refractivity contribution in [1.29, 1.82) is 0 Å². The van der Waals surface area contributed by atoms with E-state index in [-0.39, 0.29) is 5.91 Å². The number of rotatable bonds is 5. The highest BCUT2D eigenvalue weighted by Gasteiger charge is 2.14. The molecule has 25 heavy (non-hydrogen) atoms. The number of ether oxygens (including phenoxy) is 1. The number of anilines is 1. The number of hydrogen-bond donors (Lipinski definition) is 2. The molecule has 6 nitrogen and oxygen atoms in total. The average molecular weight is 342 g/mol. The SMILES string of the molecule is Cc1cc2ncc(C(=O)NCCCN3CCOCC3)c(N)c2cc1C. The van der Waals surface area contributed by atoms with Crippen molar-refractivity contribution >= 4 is 22.5 Å². The van der Waals surface area contributed by atoms with Gasteiger partial charge in [0.05, 0.1) is 30.0 Å². The van der Waals surface area contributed by atoms with E-state index < -0.39 is 0 Å². The number of morpholine rings is 1. The molecule has 134 valence electrons. The van der Waals surface area contributed by atoms with E-state index in [1.807, 2.05) is 26.0 Å². The van der Waals surface area contributed by atoms with Crippen molar-refractivity contribution in [2.45, 2.75) is 20.3 Å². The molecule has 0 saturated carbocycles. The van der Waals surface area contributed by atoms with Gasteiger partial charge in [0.2, 0.25) is 0 Å². The fourth-order valence-corrected chi connectivity index (χ4v) is 3.08. The number of nitrogens with one attached hydrogen (secondary N) is 1. The smallest absolute Gasteiger partial charge is 0.254 e. The molecule has 1 aliphatic rings. The summed E-state index contributed by atoms with van der Waals surface area (Å²) in [6, 6.07) is 4.01. The number of nitrogens with two attached hydrogens (primary N) is 1. The van der Waals surface area contributed by atoms with E-state index in [0.717, 1.165) is 55.7 Å². The van der Waals surface area contributed by atoms with E-state index in [1.165, 1.54) is 5.56 Å². The first-order valence-corrected chi connectivity index (χ1v) is 8.80. The molecule has 1 aromatic heterocycles. The molecule has 2 aromatic rings. The third-order valence-corrected chi connectivity index (χ3v) is 4.81. The molecule has 0 radical (unpaired) electrons. The number of nitrogen functional groups attached to an aromatic ring is 1. The van der Waals surface area contributed by atoms with Gasteiger partial charge < -0.3 is 15.8 Å². The molecule has 1 fully saturated rings. The van der Waals surface area contributed by atoms with Gasteiger partial charge in [0, 0.05) is 31.2 Å². The van der Waals surface area contributed by atoms with Crippen molar-refractivity contribution in [1.82, 2.24) is 15.2 Å². The van der Waals surface area contributed by atoms with Crippen LogP contribution in [0.15, 0.2) is 18.3 Å². The van der Waals surface area contributed by atoms with Gasteiger partial charge in [-0.15, -0.1) is 0 Å². The fraction of sp³-hybridized carbons (Fsp3) is 0.474. The number of pyridine rings is 1. The summed E-state index contributed by atoms with van der Waals surface area (Å²) in [7, 11) is 0. The zero-order chi connectivity index (χ0) is 17.8. The number of benzene rings is 1. The van der Waals surface area contributed by atoms with Gasteiger partial charge in [-0.3, -0.25) is 14.7 Å². The second kappa shape index (κ2) is 7.80. The quantitative estimate of drug-likeness (QED) is 0.811. The molecule has 3 rings (SSSR count). The van der Waals surface area contributed by atoms with Gasteiger partial charge in [0.1, 0.15) is 0 Å². The monoisotopic (exact) mass is 342 g/mol. The predicted octanol–water partition coefficient (Wildman–Crippen LogP) is 1.89. The van der Waals surface area contributed by atoms with Crippen molar-refractivity contribution in [3.8, 4) is 0 Å². The van der Waals surface area contributed by atoms with E-state index in [0.29, 0.717) is 17.8 Å². The maximum atomic E-state index is 12.4. The number of carbonyl (C=O) groups excluding carboxylic acids is 1. The second-order valence-electron chi connectivity index (χ2n) is 6.60. The summed E-state index contributed by atoms with van der Waals surface area (Å²) >= 11 is 0. The molecule has 0 aliphatic carbocycles. The summed E-state index contributed by atoms with van der Waals surface area (Å²) in [5.41, 5.74) is 10.3. The number of nitrogens with zero attached hydrogens (tertiary/aromatic N) is 2. The molecule has 3 N–H and O–H groups in total. The van der Waals surface area contributed by atoms with E-state index >= 15 is 0 Å². The summed E-state index contributed by atoms with van der Waals surface area (Å²) in [6.45, 7) is 9.19. The minimum Gasteiger partial charge on any atom is -0.397 e. The Balaban J connectivity index is 1.61. The van der Waals surface area contributed by atoms with Crippen LogP contribution >= 0.6 is 0 Å². The van der Waals surface area contributed by atoms with Gasteiger partial charge in [-0.25, -0.2) is 0 Å². The van der Waals surface area contributed by atoms with Crippen molar-refractivity contribution < 1.29 is 9.53 Å². The molecule has 6 heteroatoms. The lowest BCUT2D eigenvalue weighted by Gasteiger charge is -2.26. The van der Waals surface area contributed by atoms with Crippen LogP contribution in [0.5, 0.6) is 0 Å². The normalized spacial score (nSPS) is 15.4.